The first-order valence-corrected chi connectivity index (χ1v) is 8.86. The summed E-state index contributed by atoms with van der Waals surface area (Å²) >= 11 is 0. The lowest BCUT2D eigenvalue weighted by molar-refractivity contribution is 0.0815. The second-order valence-electron chi connectivity index (χ2n) is 7.61. The molecule has 0 aromatic heterocycles. The average molecular weight is 280 g/mol. The standard InChI is InChI=1S/C17H32N2O/c1-2-17(20)8-15-7-16(18-9-13-3-4-13)12-19(11-15)10-14-5-6-14/h13-18,20H,2-12H2,1H3. The van der Waals surface area contributed by atoms with Gasteiger partial charge in [0.05, 0.1) is 6.10 Å². The van der Waals surface area contributed by atoms with E-state index < -0.39 is 0 Å². The van der Waals surface area contributed by atoms with E-state index in [1.165, 1.54) is 58.3 Å². The van der Waals surface area contributed by atoms with Gasteiger partial charge >= 0.3 is 0 Å². The van der Waals surface area contributed by atoms with Crippen LogP contribution in [0.1, 0.15) is 51.9 Å². The summed E-state index contributed by atoms with van der Waals surface area (Å²) in [7, 11) is 0. The Kier molecular flexibility index (Phi) is 5.00. The van der Waals surface area contributed by atoms with Crippen molar-refractivity contribution in [1.29, 1.82) is 0 Å². The van der Waals surface area contributed by atoms with Crippen LogP contribution in [0.15, 0.2) is 0 Å². The van der Waals surface area contributed by atoms with Gasteiger partial charge in [0.25, 0.3) is 0 Å². The molecule has 1 saturated heterocycles. The minimum absolute atomic E-state index is 0.0926. The molecule has 1 aliphatic heterocycles. The lowest BCUT2D eigenvalue weighted by Crippen LogP contribution is -2.50. The topological polar surface area (TPSA) is 35.5 Å². The van der Waals surface area contributed by atoms with E-state index in [9.17, 15) is 5.11 Å². The first-order valence-electron chi connectivity index (χ1n) is 8.86. The third kappa shape index (κ3) is 4.71. The summed E-state index contributed by atoms with van der Waals surface area (Å²) < 4.78 is 0. The van der Waals surface area contributed by atoms with Crippen molar-refractivity contribution in [2.24, 2.45) is 17.8 Å². The molecule has 0 aromatic carbocycles. The minimum atomic E-state index is -0.0926. The van der Waals surface area contributed by atoms with Crippen LogP contribution in [0.25, 0.3) is 0 Å². The summed E-state index contributed by atoms with van der Waals surface area (Å²) in [4.78, 5) is 2.68. The zero-order valence-electron chi connectivity index (χ0n) is 13.1. The largest absolute Gasteiger partial charge is 0.393 e. The summed E-state index contributed by atoms with van der Waals surface area (Å²) in [5, 5.41) is 13.8. The van der Waals surface area contributed by atoms with Crippen molar-refractivity contribution in [2.45, 2.75) is 64.0 Å². The van der Waals surface area contributed by atoms with Gasteiger partial charge in [-0.3, -0.25) is 0 Å². The van der Waals surface area contributed by atoms with Crippen LogP contribution in [-0.4, -0.2) is 48.3 Å². The third-order valence-electron chi connectivity index (χ3n) is 5.29. The van der Waals surface area contributed by atoms with Crippen LogP contribution in [0.5, 0.6) is 0 Å². The molecule has 20 heavy (non-hydrogen) atoms. The fourth-order valence-corrected chi connectivity index (χ4v) is 3.64. The maximum absolute atomic E-state index is 9.97. The lowest BCUT2D eigenvalue weighted by atomic mass is 9.88. The molecule has 0 amide bonds. The van der Waals surface area contributed by atoms with Gasteiger partial charge in [0.1, 0.15) is 0 Å². The van der Waals surface area contributed by atoms with Crippen LogP contribution in [0.2, 0.25) is 0 Å². The van der Waals surface area contributed by atoms with Gasteiger partial charge in [-0.25, -0.2) is 0 Å². The Morgan fingerprint density at radius 1 is 1.10 bits per heavy atom. The zero-order chi connectivity index (χ0) is 13.9. The maximum atomic E-state index is 9.97. The second kappa shape index (κ2) is 6.76. The van der Waals surface area contributed by atoms with Gasteiger partial charge in [-0.15, -0.1) is 0 Å². The van der Waals surface area contributed by atoms with Gasteiger partial charge in [0, 0.05) is 25.7 Å². The van der Waals surface area contributed by atoms with E-state index in [0.717, 1.165) is 24.7 Å². The number of aliphatic hydroxyl groups excluding tert-OH is 1. The summed E-state index contributed by atoms with van der Waals surface area (Å²) in [5.74, 6) is 2.64. The molecule has 3 nitrogen and oxygen atoms in total. The molecular weight excluding hydrogens is 248 g/mol. The van der Waals surface area contributed by atoms with Crippen LogP contribution in [0.4, 0.5) is 0 Å². The SMILES string of the molecule is CCC(O)CC1CC(NCC2CC2)CN(CC2CC2)C1. The molecule has 3 unspecified atom stereocenters. The van der Waals surface area contributed by atoms with E-state index in [-0.39, 0.29) is 6.10 Å². The average Bonchev–Trinajstić information content (AvgIpc) is 3.31. The van der Waals surface area contributed by atoms with Gasteiger partial charge < -0.3 is 15.3 Å². The molecule has 3 aliphatic rings. The highest BCUT2D eigenvalue weighted by Crippen LogP contribution is 2.32. The number of likely N-dealkylation sites (tertiary alicyclic amines) is 1. The number of piperidine rings is 1. The molecule has 0 radical (unpaired) electrons. The van der Waals surface area contributed by atoms with E-state index in [1.807, 2.05) is 0 Å². The maximum Gasteiger partial charge on any atom is 0.0540 e. The molecule has 2 saturated carbocycles. The van der Waals surface area contributed by atoms with Crippen LogP contribution in [0.3, 0.4) is 0 Å². The normalized spacial score (nSPS) is 33.3. The number of nitrogens with zero attached hydrogens (tertiary/aromatic N) is 1. The highest BCUT2D eigenvalue weighted by Gasteiger charge is 2.32. The molecule has 2 N–H and O–H groups in total. The Balaban J connectivity index is 1.49. The van der Waals surface area contributed by atoms with Crippen molar-refractivity contribution in [3.8, 4) is 0 Å². The summed E-state index contributed by atoms with van der Waals surface area (Å²) in [6.45, 7) is 7.08. The Bertz CT molecular complexity index is 301. The van der Waals surface area contributed by atoms with Crippen molar-refractivity contribution in [3.05, 3.63) is 0 Å². The summed E-state index contributed by atoms with van der Waals surface area (Å²) in [5.41, 5.74) is 0. The molecule has 3 fully saturated rings. The van der Waals surface area contributed by atoms with E-state index in [0.29, 0.717) is 12.0 Å². The molecule has 3 heteroatoms. The second-order valence-corrected chi connectivity index (χ2v) is 7.61. The number of hydrogen-bond acceptors (Lipinski definition) is 3. The summed E-state index contributed by atoms with van der Waals surface area (Å²) in [6, 6.07) is 0.664. The van der Waals surface area contributed by atoms with Crippen LogP contribution in [0, 0.1) is 17.8 Å². The fourth-order valence-electron chi connectivity index (χ4n) is 3.64. The van der Waals surface area contributed by atoms with Crippen LogP contribution in [-0.2, 0) is 0 Å². The number of nitrogens with one attached hydrogen (secondary N) is 1. The predicted molar refractivity (Wildman–Crippen MR) is 82.7 cm³/mol. The number of rotatable bonds is 8. The van der Waals surface area contributed by atoms with Crippen molar-refractivity contribution >= 4 is 0 Å². The fraction of sp³-hybridized carbons (Fsp3) is 1.00. The number of hydrogen-bond donors (Lipinski definition) is 2. The van der Waals surface area contributed by atoms with Gasteiger partial charge in [0.15, 0.2) is 0 Å². The minimum Gasteiger partial charge on any atom is -0.393 e. The molecule has 0 bridgehead atoms. The van der Waals surface area contributed by atoms with Crippen molar-refractivity contribution < 1.29 is 5.11 Å². The van der Waals surface area contributed by atoms with E-state index in [1.54, 1.807) is 0 Å². The van der Waals surface area contributed by atoms with Crippen molar-refractivity contribution in [1.82, 2.24) is 10.2 Å². The van der Waals surface area contributed by atoms with E-state index in [2.05, 4.69) is 17.1 Å². The Hall–Kier alpha value is -0.120. The smallest absolute Gasteiger partial charge is 0.0540 e. The van der Waals surface area contributed by atoms with Gasteiger partial charge in [0.2, 0.25) is 0 Å². The van der Waals surface area contributed by atoms with E-state index in [4.69, 9.17) is 0 Å². The molecular formula is C17H32N2O. The van der Waals surface area contributed by atoms with Gasteiger partial charge in [-0.1, -0.05) is 6.92 Å². The lowest BCUT2D eigenvalue weighted by Gasteiger charge is -2.39. The predicted octanol–water partition coefficient (Wildman–Crippen LogP) is 2.25. The zero-order valence-corrected chi connectivity index (χ0v) is 13.1. The van der Waals surface area contributed by atoms with E-state index >= 15 is 0 Å². The molecule has 2 aliphatic carbocycles. The molecule has 0 spiro atoms. The highest BCUT2D eigenvalue weighted by atomic mass is 16.3. The van der Waals surface area contributed by atoms with Gasteiger partial charge in [-0.05, 0) is 69.2 Å². The number of aliphatic hydroxyl groups is 1. The molecule has 1 heterocycles. The Labute approximate surface area is 124 Å². The molecule has 3 atom stereocenters. The van der Waals surface area contributed by atoms with Crippen LogP contribution >= 0.6 is 0 Å². The van der Waals surface area contributed by atoms with Crippen molar-refractivity contribution in [2.75, 3.05) is 26.2 Å². The van der Waals surface area contributed by atoms with Gasteiger partial charge in [-0.2, -0.15) is 0 Å². The first kappa shape index (κ1) is 14.8. The quantitative estimate of drug-likeness (QED) is 0.716. The van der Waals surface area contributed by atoms with Crippen LogP contribution < -0.4 is 5.32 Å². The molecule has 0 aromatic rings. The highest BCUT2D eigenvalue weighted by molar-refractivity contribution is 4.89. The Morgan fingerprint density at radius 3 is 2.50 bits per heavy atom. The summed E-state index contributed by atoms with van der Waals surface area (Å²) in [6.07, 6.45) is 8.83. The molecule has 116 valence electrons. The Morgan fingerprint density at radius 2 is 1.85 bits per heavy atom. The first-order chi connectivity index (χ1) is 9.72. The monoisotopic (exact) mass is 280 g/mol. The third-order valence-corrected chi connectivity index (χ3v) is 5.29. The van der Waals surface area contributed by atoms with Crippen molar-refractivity contribution in [3.63, 3.8) is 0 Å². The molecule has 3 rings (SSSR count).